The summed E-state index contributed by atoms with van der Waals surface area (Å²) in [7, 11) is 0. The molecule has 146 valence electrons. The van der Waals surface area contributed by atoms with Gasteiger partial charge in [-0.25, -0.2) is 0 Å². The van der Waals surface area contributed by atoms with Crippen LogP contribution in [0, 0.1) is 24.7 Å². The van der Waals surface area contributed by atoms with Crippen molar-refractivity contribution in [3.63, 3.8) is 0 Å². The van der Waals surface area contributed by atoms with E-state index in [1.807, 2.05) is 0 Å². The Labute approximate surface area is 165 Å². The molecule has 0 saturated carbocycles. The molecule has 1 aromatic heterocycles. The van der Waals surface area contributed by atoms with Gasteiger partial charge in [-0.05, 0) is 61.8 Å². The second-order valence-corrected chi connectivity index (χ2v) is 10.2. The Bertz CT molecular complexity index is 880. The van der Waals surface area contributed by atoms with Crippen molar-refractivity contribution in [1.29, 1.82) is 0 Å². The van der Waals surface area contributed by atoms with Crippen molar-refractivity contribution in [2.24, 2.45) is 10.8 Å². The number of aryl methyl sites for hydroxylation is 2. The van der Waals surface area contributed by atoms with Gasteiger partial charge in [-0.3, -0.25) is 0 Å². The number of fused-ring (bicyclic) bond motifs is 3. The Hall–Kier alpha value is -1.76. The Morgan fingerprint density at radius 3 is 1.70 bits per heavy atom. The molecule has 2 aromatic carbocycles. The average Bonchev–Trinajstić information content (AvgIpc) is 2.86. The van der Waals surface area contributed by atoms with Gasteiger partial charge in [-0.1, -0.05) is 70.7 Å². The van der Waals surface area contributed by atoms with E-state index < -0.39 is 0 Å². The second kappa shape index (κ2) is 7.34. The highest BCUT2D eigenvalue weighted by Crippen LogP contribution is 2.36. The van der Waals surface area contributed by atoms with Crippen molar-refractivity contribution in [2.75, 3.05) is 0 Å². The van der Waals surface area contributed by atoms with E-state index in [0.717, 1.165) is 6.54 Å². The largest absolute Gasteiger partial charge is 0.340 e. The lowest BCUT2D eigenvalue weighted by atomic mass is 9.80. The Kier molecular flexibility index (Phi) is 5.43. The van der Waals surface area contributed by atoms with Gasteiger partial charge in [0, 0.05) is 28.4 Å². The molecule has 0 aliphatic rings. The summed E-state index contributed by atoms with van der Waals surface area (Å²) in [6, 6.07) is 13.8. The highest BCUT2D eigenvalue weighted by Gasteiger charge is 2.23. The Morgan fingerprint density at radius 1 is 0.741 bits per heavy atom. The maximum Gasteiger partial charge on any atom is 0.0491 e. The number of rotatable bonds is 7. The number of hydrogen-bond acceptors (Lipinski definition) is 0. The van der Waals surface area contributed by atoms with E-state index >= 15 is 0 Å². The first kappa shape index (κ1) is 20.0. The third-order valence-electron chi connectivity index (χ3n) is 6.43. The number of hydrogen-bond donors (Lipinski definition) is 0. The van der Waals surface area contributed by atoms with Gasteiger partial charge in [0.2, 0.25) is 0 Å². The molecule has 3 aromatic rings. The summed E-state index contributed by atoms with van der Waals surface area (Å²) in [5.41, 5.74) is 6.19. The summed E-state index contributed by atoms with van der Waals surface area (Å²) in [6.45, 7) is 17.4. The minimum Gasteiger partial charge on any atom is -0.340 e. The number of aromatic nitrogens is 1. The van der Waals surface area contributed by atoms with E-state index in [0.29, 0.717) is 10.8 Å². The van der Waals surface area contributed by atoms with Crippen LogP contribution < -0.4 is 0 Å². The van der Waals surface area contributed by atoms with Crippen LogP contribution in [0.15, 0.2) is 36.4 Å². The molecule has 3 rings (SSSR count). The molecule has 0 fully saturated rings. The van der Waals surface area contributed by atoms with E-state index in [1.165, 1.54) is 58.6 Å². The van der Waals surface area contributed by atoms with Gasteiger partial charge in [0.05, 0.1) is 0 Å². The molecule has 0 atom stereocenters. The molecule has 27 heavy (non-hydrogen) atoms. The first-order chi connectivity index (χ1) is 12.6. The molecule has 0 radical (unpaired) electrons. The van der Waals surface area contributed by atoms with E-state index in [9.17, 15) is 0 Å². The topological polar surface area (TPSA) is 4.93 Å². The predicted molar refractivity (Wildman–Crippen MR) is 121 cm³/mol. The summed E-state index contributed by atoms with van der Waals surface area (Å²) in [5.74, 6) is 0. The summed E-state index contributed by atoms with van der Waals surface area (Å²) >= 11 is 0. The standard InChI is InChI=1S/C26H37N/c1-8-25(4,5)14-9-15-26(6,7)18-27-23-12-10-19(2)16-21(23)22-17-20(3)11-13-24(22)27/h10-13,16-17H,8-9,14-15,18H2,1-7H3. The summed E-state index contributed by atoms with van der Waals surface area (Å²) < 4.78 is 2.56. The fraction of sp³-hybridized carbons (Fsp3) is 0.538. The van der Waals surface area contributed by atoms with Crippen LogP contribution in [0.1, 0.15) is 71.4 Å². The van der Waals surface area contributed by atoms with Gasteiger partial charge in [-0.15, -0.1) is 0 Å². The molecule has 0 N–H and O–H groups in total. The third-order valence-corrected chi connectivity index (χ3v) is 6.43. The quantitative estimate of drug-likeness (QED) is 0.400. The monoisotopic (exact) mass is 363 g/mol. The predicted octanol–water partition coefficient (Wildman–Crippen LogP) is 8.04. The van der Waals surface area contributed by atoms with Crippen LogP contribution in [-0.4, -0.2) is 4.57 Å². The van der Waals surface area contributed by atoms with Crippen molar-refractivity contribution in [2.45, 2.75) is 80.7 Å². The molecular formula is C26H37N. The number of benzene rings is 2. The summed E-state index contributed by atoms with van der Waals surface area (Å²) in [6.07, 6.45) is 5.16. The molecule has 1 nitrogen and oxygen atoms in total. The molecule has 1 heteroatoms. The van der Waals surface area contributed by atoms with Crippen LogP contribution >= 0.6 is 0 Å². The van der Waals surface area contributed by atoms with Gasteiger partial charge >= 0.3 is 0 Å². The van der Waals surface area contributed by atoms with E-state index in [2.05, 4.69) is 89.4 Å². The molecule has 0 spiro atoms. The molecule has 0 unspecified atom stereocenters. The first-order valence-electron chi connectivity index (χ1n) is 10.6. The maximum absolute atomic E-state index is 2.56. The third kappa shape index (κ3) is 4.39. The second-order valence-electron chi connectivity index (χ2n) is 10.2. The first-order valence-corrected chi connectivity index (χ1v) is 10.6. The highest BCUT2D eigenvalue weighted by molar-refractivity contribution is 6.08. The van der Waals surface area contributed by atoms with Gasteiger partial charge < -0.3 is 4.57 Å². The zero-order valence-corrected chi connectivity index (χ0v) is 18.4. The molecule has 0 aliphatic carbocycles. The molecule has 0 amide bonds. The van der Waals surface area contributed by atoms with Gasteiger partial charge in [-0.2, -0.15) is 0 Å². The minimum absolute atomic E-state index is 0.290. The molecular weight excluding hydrogens is 326 g/mol. The zero-order chi connectivity index (χ0) is 19.8. The van der Waals surface area contributed by atoms with Crippen molar-refractivity contribution >= 4 is 21.8 Å². The fourth-order valence-corrected chi connectivity index (χ4v) is 4.23. The zero-order valence-electron chi connectivity index (χ0n) is 18.4. The average molecular weight is 364 g/mol. The highest BCUT2D eigenvalue weighted by atomic mass is 15.0. The normalized spacial score (nSPS) is 13.0. The van der Waals surface area contributed by atoms with E-state index in [1.54, 1.807) is 0 Å². The number of nitrogens with zero attached hydrogens (tertiary/aromatic N) is 1. The van der Waals surface area contributed by atoms with Crippen LogP contribution in [-0.2, 0) is 6.54 Å². The lowest BCUT2D eigenvalue weighted by molar-refractivity contribution is 0.241. The van der Waals surface area contributed by atoms with Crippen LogP contribution in [0.2, 0.25) is 0 Å². The Morgan fingerprint density at radius 2 is 1.22 bits per heavy atom. The molecule has 0 bridgehead atoms. The van der Waals surface area contributed by atoms with E-state index in [-0.39, 0.29) is 0 Å². The van der Waals surface area contributed by atoms with Crippen LogP contribution in [0.5, 0.6) is 0 Å². The SMILES string of the molecule is CCC(C)(C)CCCC(C)(C)Cn1c2ccc(C)cc2c2cc(C)ccc21. The van der Waals surface area contributed by atoms with Gasteiger partial charge in [0.15, 0.2) is 0 Å². The smallest absolute Gasteiger partial charge is 0.0491 e. The fourth-order valence-electron chi connectivity index (χ4n) is 4.23. The molecule has 0 saturated heterocycles. The minimum atomic E-state index is 0.290. The van der Waals surface area contributed by atoms with Crippen molar-refractivity contribution in [3.8, 4) is 0 Å². The van der Waals surface area contributed by atoms with Crippen molar-refractivity contribution in [1.82, 2.24) is 4.57 Å². The van der Waals surface area contributed by atoms with Gasteiger partial charge in [0.1, 0.15) is 0 Å². The summed E-state index contributed by atoms with van der Waals surface area (Å²) in [4.78, 5) is 0. The summed E-state index contributed by atoms with van der Waals surface area (Å²) in [5, 5.41) is 2.80. The van der Waals surface area contributed by atoms with Crippen LogP contribution in [0.25, 0.3) is 21.8 Å². The Balaban J connectivity index is 1.93. The lowest BCUT2D eigenvalue weighted by Crippen LogP contribution is -2.20. The molecule has 1 heterocycles. The van der Waals surface area contributed by atoms with E-state index in [4.69, 9.17) is 0 Å². The van der Waals surface area contributed by atoms with Crippen LogP contribution in [0.4, 0.5) is 0 Å². The maximum atomic E-state index is 2.56. The lowest BCUT2D eigenvalue weighted by Gasteiger charge is -2.29. The van der Waals surface area contributed by atoms with Gasteiger partial charge in [0.25, 0.3) is 0 Å². The van der Waals surface area contributed by atoms with Crippen LogP contribution in [0.3, 0.4) is 0 Å². The molecule has 0 aliphatic heterocycles. The van der Waals surface area contributed by atoms with Crippen molar-refractivity contribution in [3.05, 3.63) is 47.5 Å². The van der Waals surface area contributed by atoms with Crippen molar-refractivity contribution < 1.29 is 0 Å².